The molecule has 0 aromatic carbocycles. The molecule has 2 heterocycles. The zero-order valence-electron chi connectivity index (χ0n) is 8.84. The van der Waals surface area contributed by atoms with E-state index in [1.54, 1.807) is 0 Å². The lowest BCUT2D eigenvalue weighted by molar-refractivity contribution is 0.600. The Morgan fingerprint density at radius 3 is 2.50 bits per heavy atom. The third-order valence-corrected chi connectivity index (χ3v) is 4.04. The smallest absolute Gasteiger partial charge is 0.263 e. The predicted molar refractivity (Wildman–Crippen MR) is 69.3 cm³/mol. The van der Waals surface area contributed by atoms with Crippen molar-refractivity contribution in [2.75, 3.05) is 4.72 Å². The van der Waals surface area contributed by atoms with Gasteiger partial charge in [0.15, 0.2) is 0 Å². The van der Waals surface area contributed by atoms with E-state index in [0.717, 1.165) is 0 Å². The molecule has 0 aliphatic heterocycles. The number of hydrogen-bond acceptors (Lipinski definition) is 4. The first kappa shape index (κ1) is 13.1. The first-order valence-electron chi connectivity index (χ1n) is 4.73. The SMILES string of the molecule is O=S(=O)(Nc1ccc(Cl)cn1)c1cnccc1Cl. The van der Waals surface area contributed by atoms with Gasteiger partial charge in [0.2, 0.25) is 0 Å². The van der Waals surface area contributed by atoms with Gasteiger partial charge in [0.25, 0.3) is 10.0 Å². The molecule has 0 fully saturated rings. The molecule has 0 aliphatic carbocycles. The Morgan fingerprint density at radius 2 is 1.89 bits per heavy atom. The van der Waals surface area contributed by atoms with Crippen LogP contribution in [-0.4, -0.2) is 18.4 Å². The van der Waals surface area contributed by atoms with E-state index in [1.165, 1.54) is 36.8 Å². The van der Waals surface area contributed by atoms with Crippen molar-refractivity contribution < 1.29 is 8.42 Å². The highest BCUT2D eigenvalue weighted by atomic mass is 35.5. The second kappa shape index (κ2) is 5.09. The third-order valence-electron chi connectivity index (χ3n) is 1.99. The maximum atomic E-state index is 12.0. The van der Waals surface area contributed by atoms with Crippen LogP contribution in [0.2, 0.25) is 10.0 Å². The van der Waals surface area contributed by atoms with Crippen LogP contribution in [0.15, 0.2) is 41.7 Å². The van der Waals surface area contributed by atoms with E-state index in [9.17, 15) is 8.42 Å². The van der Waals surface area contributed by atoms with Gasteiger partial charge in [0.1, 0.15) is 10.7 Å². The van der Waals surface area contributed by atoms with Gasteiger partial charge in [-0.1, -0.05) is 23.2 Å². The van der Waals surface area contributed by atoms with Crippen molar-refractivity contribution in [2.45, 2.75) is 4.90 Å². The summed E-state index contributed by atoms with van der Waals surface area (Å²) in [5.74, 6) is 0.152. The summed E-state index contributed by atoms with van der Waals surface area (Å²) in [5.41, 5.74) is 0. The number of sulfonamides is 1. The number of nitrogens with one attached hydrogen (secondary N) is 1. The highest BCUT2D eigenvalue weighted by Gasteiger charge is 2.18. The van der Waals surface area contributed by atoms with Gasteiger partial charge in [-0.25, -0.2) is 13.4 Å². The van der Waals surface area contributed by atoms with Crippen LogP contribution in [0.5, 0.6) is 0 Å². The lowest BCUT2D eigenvalue weighted by Gasteiger charge is -2.07. The molecule has 2 rings (SSSR count). The first-order chi connectivity index (χ1) is 8.49. The molecule has 0 spiro atoms. The fourth-order valence-electron chi connectivity index (χ4n) is 1.19. The van der Waals surface area contributed by atoms with E-state index in [-0.39, 0.29) is 15.7 Å². The molecule has 2 aromatic rings. The topological polar surface area (TPSA) is 72.0 Å². The Labute approximate surface area is 114 Å². The zero-order valence-corrected chi connectivity index (χ0v) is 11.2. The maximum Gasteiger partial charge on any atom is 0.266 e. The molecule has 0 saturated heterocycles. The average Bonchev–Trinajstić information content (AvgIpc) is 2.32. The zero-order chi connectivity index (χ0) is 13.2. The van der Waals surface area contributed by atoms with Gasteiger partial charge in [-0.2, -0.15) is 0 Å². The molecule has 18 heavy (non-hydrogen) atoms. The molecular weight excluding hydrogens is 297 g/mol. The van der Waals surface area contributed by atoms with Gasteiger partial charge in [-0.15, -0.1) is 0 Å². The fourth-order valence-corrected chi connectivity index (χ4v) is 2.74. The van der Waals surface area contributed by atoms with Crippen molar-refractivity contribution >= 4 is 39.0 Å². The van der Waals surface area contributed by atoms with Crippen molar-refractivity contribution in [3.8, 4) is 0 Å². The van der Waals surface area contributed by atoms with Crippen LogP contribution >= 0.6 is 23.2 Å². The maximum absolute atomic E-state index is 12.0. The minimum Gasteiger partial charge on any atom is -0.263 e. The summed E-state index contributed by atoms with van der Waals surface area (Å²) in [6.45, 7) is 0. The molecule has 0 saturated carbocycles. The highest BCUT2D eigenvalue weighted by molar-refractivity contribution is 7.92. The first-order valence-corrected chi connectivity index (χ1v) is 6.97. The third kappa shape index (κ3) is 2.90. The fraction of sp³-hybridized carbons (Fsp3) is 0. The summed E-state index contributed by atoms with van der Waals surface area (Å²) in [6.07, 6.45) is 3.91. The molecular formula is C10H7Cl2N3O2S. The van der Waals surface area contributed by atoms with Crippen LogP contribution in [0.1, 0.15) is 0 Å². The monoisotopic (exact) mass is 303 g/mol. The van der Waals surface area contributed by atoms with Gasteiger partial charge < -0.3 is 0 Å². The van der Waals surface area contributed by atoms with Gasteiger partial charge in [-0.05, 0) is 18.2 Å². The van der Waals surface area contributed by atoms with Gasteiger partial charge >= 0.3 is 0 Å². The molecule has 0 unspecified atom stereocenters. The Balaban J connectivity index is 2.33. The van der Waals surface area contributed by atoms with Crippen molar-refractivity contribution in [3.05, 3.63) is 46.8 Å². The van der Waals surface area contributed by atoms with Crippen molar-refractivity contribution in [1.29, 1.82) is 0 Å². The Morgan fingerprint density at radius 1 is 1.11 bits per heavy atom. The Kier molecular flexibility index (Phi) is 3.70. The van der Waals surface area contributed by atoms with Gasteiger partial charge in [0, 0.05) is 18.6 Å². The minimum absolute atomic E-state index is 0.0893. The summed E-state index contributed by atoms with van der Waals surface area (Å²) in [7, 11) is -3.81. The van der Waals surface area contributed by atoms with Crippen LogP contribution in [0.3, 0.4) is 0 Å². The van der Waals surface area contributed by atoms with E-state index >= 15 is 0 Å². The molecule has 2 aromatic heterocycles. The van der Waals surface area contributed by atoms with E-state index < -0.39 is 10.0 Å². The molecule has 0 atom stereocenters. The normalized spacial score (nSPS) is 11.2. The van der Waals surface area contributed by atoms with Crippen molar-refractivity contribution in [3.63, 3.8) is 0 Å². The number of hydrogen-bond donors (Lipinski definition) is 1. The number of rotatable bonds is 3. The van der Waals surface area contributed by atoms with Gasteiger partial charge in [0.05, 0.1) is 10.0 Å². The Hall–Kier alpha value is -1.37. The molecule has 8 heteroatoms. The van der Waals surface area contributed by atoms with Crippen LogP contribution in [0, 0.1) is 0 Å². The molecule has 0 radical (unpaired) electrons. The molecule has 0 aliphatic rings. The molecule has 0 bridgehead atoms. The molecule has 0 amide bonds. The van der Waals surface area contributed by atoms with Crippen LogP contribution in [0.25, 0.3) is 0 Å². The molecule has 5 nitrogen and oxygen atoms in total. The second-order valence-electron chi connectivity index (χ2n) is 3.27. The second-order valence-corrected chi connectivity index (χ2v) is 5.77. The van der Waals surface area contributed by atoms with Crippen LogP contribution in [0.4, 0.5) is 5.82 Å². The highest BCUT2D eigenvalue weighted by Crippen LogP contribution is 2.21. The molecule has 1 N–H and O–H groups in total. The summed E-state index contributed by atoms with van der Waals surface area (Å²) >= 11 is 11.5. The predicted octanol–water partition coefficient (Wildman–Crippen LogP) is 2.58. The molecule has 94 valence electrons. The van der Waals surface area contributed by atoms with E-state index in [1.807, 2.05) is 0 Å². The van der Waals surface area contributed by atoms with Crippen molar-refractivity contribution in [1.82, 2.24) is 9.97 Å². The number of anilines is 1. The summed E-state index contributed by atoms with van der Waals surface area (Å²) < 4.78 is 26.3. The number of pyridine rings is 2. The minimum atomic E-state index is -3.81. The summed E-state index contributed by atoms with van der Waals surface area (Å²) in [5, 5.41) is 0.504. The van der Waals surface area contributed by atoms with Crippen LogP contribution < -0.4 is 4.72 Å². The summed E-state index contributed by atoms with van der Waals surface area (Å²) in [4.78, 5) is 7.45. The van der Waals surface area contributed by atoms with E-state index in [4.69, 9.17) is 23.2 Å². The van der Waals surface area contributed by atoms with Gasteiger partial charge in [-0.3, -0.25) is 9.71 Å². The number of halogens is 2. The summed E-state index contributed by atoms with van der Waals surface area (Å²) in [6, 6.07) is 4.37. The van der Waals surface area contributed by atoms with E-state index in [2.05, 4.69) is 14.7 Å². The number of aromatic nitrogens is 2. The van der Waals surface area contributed by atoms with Crippen LogP contribution in [-0.2, 0) is 10.0 Å². The standard InChI is InChI=1S/C10H7Cl2N3O2S/c11-7-1-2-10(14-5-7)15-18(16,17)9-6-13-4-3-8(9)12/h1-6H,(H,14,15). The number of nitrogens with zero attached hydrogens (tertiary/aromatic N) is 2. The Bertz CT molecular complexity index is 659. The average molecular weight is 304 g/mol. The van der Waals surface area contributed by atoms with Crippen molar-refractivity contribution in [2.24, 2.45) is 0 Å². The lowest BCUT2D eigenvalue weighted by atomic mass is 10.5. The quantitative estimate of drug-likeness (QED) is 0.946. The lowest BCUT2D eigenvalue weighted by Crippen LogP contribution is -2.14. The van der Waals surface area contributed by atoms with E-state index in [0.29, 0.717) is 5.02 Å². The largest absolute Gasteiger partial charge is 0.266 e.